The van der Waals surface area contributed by atoms with Crippen molar-refractivity contribution >= 4 is 21.5 Å². The molecule has 0 radical (unpaired) electrons. The number of aromatic hydroxyl groups is 1. The summed E-state index contributed by atoms with van der Waals surface area (Å²) in [6.45, 7) is 1.97. The number of hydrogen-bond donors (Lipinski definition) is 2. The zero-order valence-electron chi connectivity index (χ0n) is 7.76. The van der Waals surface area contributed by atoms with Crippen LogP contribution in [0.4, 0.5) is 0 Å². The van der Waals surface area contributed by atoms with E-state index in [-0.39, 0.29) is 0 Å². The summed E-state index contributed by atoms with van der Waals surface area (Å²) in [5.41, 5.74) is 2.54. The van der Waals surface area contributed by atoms with E-state index in [2.05, 4.69) is 27.3 Å². The van der Waals surface area contributed by atoms with Crippen molar-refractivity contribution in [3.63, 3.8) is 0 Å². The smallest absolute Gasteiger partial charge is 0.129 e. The van der Waals surface area contributed by atoms with Crippen molar-refractivity contribution in [3.05, 3.63) is 34.3 Å². The minimum Gasteiger partial charge on any atom is -0.507 e. The van der Waals surface area contributed by atoms with Crippen LogP contribution in [0.2, 0.25) is 0 Å². The molecular formula is C11H12BrNO. The Bertz CT molecular complexity index is 374. The Hall–Kier alpha value is -0.800. The number of hydrogen-bond acceptors (Lipinski definition) is 2. The maximum absolute atomic E-state index is 9.36. The number of phenols is 1. The second-order valence-corrected chi connectivity index (χ2v) is 4.20. The van der Waals surface area contributed by atoms with Crippen molar-refractivity contribution in [1.82, 2.24) is 5.32 Å². The van der Waals surface area contributed by atoms with Crippen molar-refractivity contribution in [3.8, 4) is 5.75 Å². The minimum atomic E-state index is 0.295. The average molecular weight is 254 g/mol. The Labute approximate surface area is 91.8 Å². The fourth-order valence-electron chi connectivity index (χ4n) is 1.59. The zero-order chi connectivity index (χ0) is 9.97. The molecule has 14 heavy (non-hydrogen) atoms. The first-order chi connectivity index (χ1) is 6.77. The molecule has 3 heteroatoms. The van der Waals surface area contributed by atoms with Crippen LogP contribution in [0, 0.1) is 0 Å². The largest absolute Gasteiger partial charge is 0.507 e. The van der Waals surface area contributed by atoms with Gasteiger partial charge in [0.05, 0.1) is 4.47 Å². The molecule has 0 fully saturated rings. The molecule has 0 aliphatic carbocycles. The van der Waals surface area contributed by atoms with Crippen LogP contribution in [0.5, 0.6) is 5.75 Å². The second kappa shape index (κ2) is 4.15. The third-order valence-electron chi connectivity index (χ3n) is 2.38. The average Bonchev–Trinajstić information content (AvgIpc) is 2.23. The van der Waals surface area contributed by atoms with Gasteiger partial charge in [-0.3, -0.25) is 0 Å². The van der Waals surface area contributed by atoms with Gasteiger partial charge in [0.1, 0.15) is 5.75 Å². The molecule has 0 bridgehead atoms. The Kier molecular flexibility index (Phi) is 2.89. The van der Waals surface area contributed by atoms with Crippen LogP contribution < -0.4 is 5.32 Å². The molecule has 2 rings (SSSR count). The Morgan fingerprint density at radius 1 is 1.36 bits per heavy atom. The van der Waals surface area contributed by atoms with Crippen LogP contribution in [-0.2, 0) is 0 Å². The Morgan fingerprint density at radius 2 is 2.21 bits per heavy atom. The lowest BCUT2D eigenvalue weighted by Crippen LogP contribution is -2.19. The molecule has 1 aliphatic rings. The molecule has 2 nitrogen and oxygen atoms in total. The van der Waals surface area contributed by atoms with E-state index < -0.39 is 0 Å². The lowest BCUT2D eigenvalue weighted by molar-refractivity contribution is 0.472. The monoisotopic (exact) mass is 253 g/mol. The van der Waals surface area contributed by atoms with E-state index in [4.69, 9.17) is 0 Å². The molecule has 2 N–H and O–H groups in total. The molecule has 74 valence electrons. The maximum atomic E-state index is 9.36. The molecule has 0 unspecified atom stereocenters. The first-order valence-corrected chi connectivity index (χ1v) is 5.45. The fraction of sp³-hybridized carbons (Fsp3) is 0.273. The summed E-state index contributed by atoms with van der Waals surface area (Å²) in [7, 11) is 0. The van der Waals surface area contributed by atoms with Gasteiger partial charge in [0.2, 0.25) is 0 Å². The van der Waals surface area contributed by atoms with Crippen LogP contribution in [0.25, 0.3) is 5.57 Å². The number of phenolic OH excluding ortho intramolecular Hbond substituents is 1. The topological polar surface area (TPSA) is 32.3 Å². The summed E-state index contributed by atoms with van der Waals surface area (Å²) in [6, 6.07) is 5.64. The van der Waals surface area contributed by atoms with Gasteiger partial charge in [-0.25, -0.2) is 0 Å². The van der Waals surface area contributed by atoms with Crippen LogP contribution >= 0.6 is 15.9 Å². The van der Waals surface area contributed by atoms with E-state index in [1.165, 1.54) is 11.1 Å². The number of halogens is 1. The maximum Gasteiger partial charge on any atom is 0.129 e. The number of nitrogens with one attached hydrogen (secondary N) is 1. The van der Waals surface area contributed by atoms with Crippen LogP contribution in [0.3, 0.4) is 0 Å². The fourth-order valence-corrected chi connectivity index (χ4v) is 1.97. The summed E-state index contributed by atoms with van der Waals surface area (Å²) < 4.78 is 0.759. The van der Waals surface area contributed by atoms with Crippen molar-refractivity contribution in [1.29, 1.82) is 0 Å². The summed E-state index contributed by atoms with van der Waals surface area (Å²) in [6.07, 6.45) is 3.25. The highest BCUT2D eigenvalue weighted by Crippen LogP contribution is 2.29. The first-order valence-electron chi connectivity index (χ1n) is 4.66. The van der Waals surface area contributed by atoms with E-state index in [0.29, 0.717) is 5.75 Å². The van der Waals surface area contributed by atoms with E-state index in [9.17, 15) is 5.11 Å². The molecule has 1 heterocycles. The summed E-state index contributed by atoms with van der Waals surface area (Å²) >= 11 is 3.32. The highest BCUT2D eigenvalue weighted by molar-refractivity contribution is 9.10. The standard InChI is InChI=1S/C11H12BrNO/c12-10-7-9(1-2-11(10)14)8-3-5-13-6-4-8/h1-3,7,13-14H,4-6H2. The highest BCUT2D eigenvalue weighted by Gasteiger charge is 2.07. The van der Waals surface area contributed by atoms with Crippen LogP contribution in [0.15, 0.2) is 28.7 Å². The second-order valence-electron chi connectivity index (χ2n) is 3.35. The SMILES string of the molecule is Oc1ccc(C2=CCNCC2)cc1Br. The lowest BCUT2D eigenvalue weighted by atomic mass is 10.0. The number of benzene rings is 1. The summed E-state index contributed by atoms with van der Waals surface area (Å²) in [5, 5.41) is 12.6. The van der Waals surface area contributed by atoms with Gasteiger partial charge in [-0.1, -0.05) is 12.1 Å². The molecule has 0 saturated carbocycles. The van der Waals surface area contributed by atoms with Gasteiger partial charge in [0.25, 0.3) is 0 Å². The Balaban J connectivity index is 2.32. The normalized spacial score (nSPS) is 16.5. The predicted octanol–water partition coefficient (Wildman–Crippen LogP) is 2.53. The molecule has 1 aliphatic heterocycles. The van der Waals surface area contributed by atoms with Gasteiger partial charge in [-0.05, 0) is 52.2 Å². The minimum absolute atomic E-state index is 0.295. The summed E-state index contributed by atoms with van der Waals surface area (Å²) in [5.74, 6) is 0.295. The molecule has 0 atom stereocenters. The Morgan fingerprint density at radius 3 is 2.86 bits per heavy atom. The lowest BCUT2D eigenvalue weighted by Gasteiger charge is -2.14. The molecule has 0 amide bonds. The summed E-state index contributed by atoms with van der Waals surface area (Å²) in [4.78, 5) is 0. The van der Waals surface area contributed by atoms with Crippen molar-refractivity contribution in [2.24, 2.45) is 0 Å². The molecule has 0 aromatic heterocycles. The molecule has 0 spiro atoms. The van der Waals surface area contributed by atoms with E-state index in [0.717, 1.165) is 24.0 Å². The predicted molar refractivity (Wildman–Crippen MR) is 61.3 cm³/mol. The third-order valence-corrected chi connectivity index (χ3v) is 3.02. The zero-order valence-corrected chi connectivity index (χ0v) is 9.34. The van der Waals surface area contributed by atoms with Gasteiger partial charge < -0.3 is 10.4 Å². The number of rotatable bonds is 1. The molecule has 1 aromatic carbocycles. The molecular weight excluding hydrogens is 242 g/mol. The van der Waals surface area contributed by atoms with E-state index in [1.807, 2.05) is 12.1 Å². The van der Waals surface area contributed by atoms with Crippen molar-refractivity contribution in [2.75, 3.05) is 13.1 Å². The van der Waals surface area contributed by atoms with E-state index in [1.54, 1.807) is 6.07 Å². The van der Waals surface area contributed by atoms with Crippen LogP contribution in [0.1, 0.15) is 12.0 Å². The first kappa shape index (κ1) is 9.74. The van der Waals surface area contributed by atoms with Gasteiger partial charge in [0, 0.05) is 6.54 Å². The van der Waals surface area contributed by atoms with Crippen molar-refractivity contribution in [2.45, 2.75) is 6.42 Å². The van der Waals surface area contributed by atoms with Gasteiger partial charge in [0.15, 0.2) is 0 Å². The van der Waals surface area contributed by atoms with Gasteiger partial charge in [-0.2, -0.15) is 0 Å². The highest BCUT2D eigenvalue weighted by atomic mass is 79.9. The van der Waals surface area contributed by atoms with Crippen LogP contribution in [-0.4, -0.2) is 18.2 Å². The van der Waals surface area contributed by atoms with Gasteiger partial charge >= 0.3 is 0 Å². The van der Waals surface area contributed by atoms with Crippen molar-refractivity contribution < 1.29 is 5.11 Å². The van der Waals surface area contributed by atoms with E-state index >= 15 is 0 Å². The molecule has 1 aromatic rings. The third kappa shape index (κ3) is 1.99. The quantitative estimate of drug-likeness (QED) is 0.807. The molecule has 0 saturated heterocycles. The van der Waals surface area contributed by atoms with Gasteiger partial charge in [-0.15, -0.1) is 0 Å².